The highest BCUT2D eigenvalue weighted by Gasteiger charge is 2.28. The summed E-state index contributed by atoms with van der Waals surface area (Å²) in [5.74, 6) is 0.567. The molecule has 19 heavy (non-hydrogen) atoms. The monoisotopic (exact) mass is 302 g/mol. The second-order valence-electron chi connectivity index (χ2n) is 5.12. The van der Waals surface area contributed by atoms with Crippen molar-refractivity contribution in [1.82, 2.24) is 4.31 Å². The van der Waals surface area contributed by atoms with Gasteiger partial charge in [-0.2, -0.15) is 4.31 Å². The third-order valence-electron chi connectivity index (χ3n) is 3.57. The fourth-order valence-electron chi connectivity index (χ4n) is 2.35. The van der Waals surface area contributed by atoms with Gasteiger partial charge in [0.25, 0.3) is 0 Å². The Kier molecular flexibility index (Phi) is 4.38. The lowest BCUT2D eigenvalue weighted by atomic mass is 10.0. The quantitative estimate of drug-likeness (QED) is 0.854. The highest BCUT2D eigenvalue weighted by molar-refractivity contribution is 7.89. The number of sulfonamides is 1. The van der Waals surface area contributed by atoms with Gasteiger partial charge in [0.1, 0.15) is 4.90 Å². The van der Waals surface area contributed by atoms with E-state index in [0.717, 1.165) is 19.3 Å². The van der Waals surface area contributed by atoms with Crippen LogP contribution < -0.4 is 5.73 Å². The summed E-state index contributed by atoms with van der Waals surface area (Å²) in [6.45, 7) is 3.26. The van der Waals surface area contributed by atoms with Crippen molar-refractivity contribution in [3.8, 4) is 0 Å². The molecule has 1 aliphatic heterocycles. The van der Waals surface area contributed by atoms with Crippen LogP contribution >= 0.6 is 11.6 Å². The van der Waals surface area contributed by atoms with Crippen molar-refractivity contribution in [2.75, 3.05) is 18.8 Å². The highest BCUT2D eigenvalue weighted by Crippen LogP contribution is 2.28. The average molecular weight is 303 g/mol. The maximum Gasteiger partial charge on any atom is 0.245 e. The van der Waals surface area contributed by atoms with Crippen LogP contribution in [0.2, 0.25) is 5.02 Å². The van der Waals surface area contributed by atoms with Crippen LogP contribution in [0.15, 0.2) is 23.1 Å². The molecule has 1 fully saturated rings. The molecule has 106 valence electrons. The van der Waals surface area contributed by atoms with Gasteiger partial charge in [-0.3, -0.25) is 0 Å². The van der Waals surface area contributed by atoms with Crippen LogP contribution in [0.3, 0.4) is 0 Å². The van der Waals surface area contributed by atoms with Gasteiger partial charge in [0, 0.05) is 18.1 Å². The number of hydrogen-bond acceptors (Lipinski definition) is 3. The topological polar surface area (TPSA) is 63.4 Å². The molecule has 4 nitrogen and oxygen atoms in total. The van der Waals surface area contributed by atoms with Crippen molar-refractivity contribution in [2.24, 2.45) is 5.92 Å². The first kappa shape index (κ1) is 14.6. The summed E-state index contributed by atoms with van der Waals surface area (Å²) in [4.78, 5) is 0.120. The summed E-state index contributed by atoms with van der Waals surface area (Å²) in [6.07, 6.45) is 2.84. The first-order valence-corrected chi connectivity index (χ1v) is 8.28. The van der Waals surface area contributed by atoms with Gasteiger partial charge in [0.05, 0.1) is 5.69 Å². The van der Waals surface area contributed by atoms with Crippen molar-refractivity contribution < 1.29 is 8.42 Å². The van der Waals surface area contributed by atoms with Crippen molar-refractivity contribution in [2.45, 2.75) is 31.1 Å². The molecule has 2 N–H and O–H groups in total. The van der Waals surface area contributed by atoms with Gasteiger partial charge in [-0.15, -0.1) is 0 Å². The van der Waals surface area contributed by atoms with Crippen molar-refractivity contribution in [3.05, 3.63) is 23.2 Å². The van der Waals surface area contributed by atoms with Gasteiger partial charge in [0.2, 0.25) is 10.0 Å². The zero-order valence-electron chi connectivity index (χ0n) is 11.0. The van der Waals surface area contributed by atoms with Gasteiger partial charge in [-0.05, 0) is 43.4 Å². The van der Waals surface area contributed by atoms with Crippen LogP contribution in [0, 0.1) is 5.92 Å². The molecule has 1 heterocycles. The zero-order chi connectivity index (χ0) is 14.0. The number of nitrogens with two attached hydrogens (primary N) is 1. The van der Waals surface area contributed by atoms with Crippen LogP contribution in [-0.4, -0.2) is 25.8 Å². The predicted octanol–water partition coefficient (Wildman–Crippen LogP) is 2.73. The molecule has 0 aromatic heterocycles. The van der Waals surface area contributed by atoms with Gasteiger partial charge in [-0.1, -0.05) is 18.5 Å². The average Bonchev–Trinajstić information content (AvgIpc) is 2.57. The molecule has 0 aliphatic carbocycles. The summed E-state index contributed by atoms with van der Waals surface area (Å²) >= 11 is 5.88. The molecule has 1 unspecified atom stereocenters. The zero-order valence-corrected chi connectivity index (χ0v) is 12.5. The summed E-state index contributed by atoms with van der Waals surface area (Å²) in [7, 11) is -3.54. The minimum Gasteiger partial charge on any atom is -0.398 e. The molecular weight excluding hydrogens is 284 g/mol. The molecular formula is C13H19ClN2O2S. The SMILES string of the molecule is CC1CCCN(S(=O)(=O)c2cc(Cl)ccc2N)CC1. The van der Waals surface area contributed by atoms with E-state index in [4.69, 9.17) is 17.3 Å². The van der Waals surface area contributed by atoms with Gasteiger partial charge >= 0.3 is 0 Å². The standard InChI is InChI=1S/C13H19ClN2O2S/c1-10-3-2-7-16(8-6-10)19(17,18)13-9-11(14)4-5-12(13)15/h4-5,9-10H,2-3,6-8,15H2,1H3. The Morgan fingerprint density at radius 3 is 2.79 bits per heavy atom. The minimum absolute atomic E-state index is 0.120. The molecule has 2 rings (SSSR count). The number of rotatable bonds is 2. The smallest absolute Gasteiger partial charge is 0.245 e. The molecule has 1 saturated heterocycles. The third-order valence-corrected chi connectivity index (χ3v) is 5.76. The lowest BCUT2D eigenvalue weighted by Gasteiger charge is -2.21. The molecule has 0 radical (unpaired) electrons. The van der Waals surface area contributed by atoms with E-state index < -0.39 is 10.0 Å². The minimum atomic E-state index is -3.54. The van der Waals surface area contributed by atoms with Crippen LogP contribution in [0.4, 0.5) is 5.69 Å². The Bertz CT molecular complexity index is 560. The van der Waals surface area contributed by atoms with E-state index in [1.54, 1.807) is 6.07 Å². The predicted molar refractivity (Wildman–Crippen MR) is 77.6 cm³/mol. The lowest BCUT2D eigenvalue weighted by Crippen LogP contribution is -2.32. The van der Waals surface area contributed by atoms with Crippen molar-refractivity contribution in [3.63, 3.8) is 0 Å². The number of anilines is 1. The van der Waals surface area contributed by atoms with Crippen LogP contribution in [0.1, 0.15) is 26.2 Å². The maximum atomic E-state index is 12.6. The summed E-state index contributed by atoms with van der Waals surface area (Å²) in [6, 6.07) is 4.57. The van der Waals surface area contributed by atoms with Gasteiger partial charge < -0.3 is 5.73 Å². The Labute approximate surface area is 119 Å². The Hall–Kier alpha value is -0.780. The fraction of sp³-hybridized carbons (Fsp3) is 0.538. The second-order valence-corrected chi connectivity index (χ2v) is 7.47. The maximum absolute atomic E-state index is 12.6. The molecule has 6 heteroatoms. The fourth-order valence-corrected chi connectivity index (χ4v) is 4.22. The summed E-state index contributed by atoms with van der Waals surface area (Å²) in [5, 5.41) is 0.385. The number of nitrogens with zero attached hydrogens (tertiary/aromatic N) is 1. The first-order chi connectivity index (χ1) is 8.91. The van der Waals surface area contributed by atoms with Gasteiger partial charge in [0.15, 0.2) is 0 Å². The van der Waals surface area contributed by atoms with E-state index in [0.29, 0.717) is 24.0 Å². The molecule has 0 spiro atoms. The number of hydrogen-bond donors (Lipinski definition) is 1. The van der Waals surface area contributed by atoms with E-state index in [1.807, 2.05) is 0 Å². The van der Waals surface area contributed by atoms with E-state index >= 15 is 0 Å². The molecule has 0 bridgehead atoms. The van der Waals surface area contributed by atoms with E-state index in [-0.39, 0.29) is 10.6 Å². The third kappa shape index (κ3) is 3.22. The summed E-state index contributed by atoms with van der Waals surface area (Å²) < 4.78 is 26.7. The molecule has 0 saturated carbocycles. The largest absolute Gasteiger partial charge is 0.398 e. The molecule has 1 aromatic rings. The van der Waals surface area contributed by atoms with Gasteiger partial charge in [-0.25, -0.2) is 8.42 Å². The number of nitrogen functional groups attached to an aromatic ring is 1. The number of benzene rings is 1. The first-order valence-electron chi connectivity index (χ1n) is 6.46. The van der Waals surface area contributed by atoms with Crippen LogP contribution in [0.25, 0.3) is 0 Å². The van der Waals surface area contributed by atoms with Crippen molar-refractivity contribution >= 4 is 27.3 Å². The highest BCUT2D eigenvalue weighted by atomic mass is 35.5. The van der Waals surface area contributed by atoms with E-state index in [1.165, 1.54) is 16.4 Å². The number of halogens is 1. The van der Waals surface area contributed by atoms with Crippen molar-refractivity contribution in [1.29, 1.82) is 0 Å². The van der Waals surface area contributed by atoms with Crippen LogP contribution in [0.5, 0.6) is 0 Å². The Balaban J connectivity index is 2.33. The molecule has 1 atom stereocenters. The molecule has 0 amide bonds. The van der Waals surface area contributed by atoms with E-state index in [9.17, 15) is 8.42 Å². The lowest BCUT2D eigenvalue weighted by molar-refractivity contribution is 0.417. The van der Waals surface area contributed by atoms with E-state index in [2.05, 4.69) is 6.92 Å². The Morgan fingerprint density at radius 2 is 2.05 bits per heavy atom. The molecule has 1 aliphatic rings. The molecule has 1 aromatic carbocycles. The second kappa shape index (κ2) is 5.69. The van der Waals surface area contributed by atoms with Crippen LogP contribution in [-0.2, 0) is 10.0 Å². The normalized spacial score (nSPS) is 22.1. The Morgan fingerprint density at radius 1 is 1.32 bits per heavy atom. The summed E-state index contributed by atoms with van der Waals surface area (Å²) in [5.41, 5.74) is 6.04.